The molecule has 0 radical (unpaired) electrons. The summed E-state index contributed by atoms with van der Waals surface area (Å²) in [7, 11) is 0. The van der Waals surface area contributed by atoms with Gasteiger partial charge in [-0.3, -0.25) is 4.79 Å². The van der Waals surface area contributed by atoms with E-state index in [2.05, 4.69) is 5.92 Å². The Balaban J connectivity index is 0. The van der Waals surface area contributed by atoms with E-state index < -0.39 is 11.8 Å². The van der Waals surface area contributed by atoms with E-state index in [1.807, 2.05) is 27.7 Å². The Labute approximate surface area is 111 Å². The first-order valence-corrected chi connectivity index (χ1v) is 6.46. The molecule has 0 aromatic carbocycles. The predicted octanol–water partition coefficient (Wildman–Crippen LogP) is 3.06. The smallest absolute Gasteiger partial charge is 0.305 e. The van der Waals surface area contributed by atoms with Gasteiger partial charge in [0.25, 0.3) is 0 Å². The largest absolute Gasteiger partial charge is 0.481 e. The van der Waals surface area contributed by atoms with Crippen molar-refractivity contribution in [2.45, 2.75) is 72.4 Å². The van der Waals surface area contributed by atoms with Gasteiger partial charge in [0, 0.05) is 6.42 Å². The number of carboxylic acid groups (broad SMARTS) is 1. The molecule has 4 nitrogen and oxygen atoms in total. The number of ether oxygens (including phenoxy) is 2. The van der Waals surface area contributed by atoms with Crippen molar-refractivity contribution in [3.8, 4) is 12.3 Å². The van der Waals surface area contributed by atoms with Crippen molar-refractivity contribution in [2.75, 3.05) is 0 Å². The molecule has 1 fully saturated rings. The van der Waals surface area contributed by atoms with Crippen LogP contribution in [0.1, 0.15) is 54.4 Å². The Morgan fingerprint density at radius 3 is 2.22 bits per heavy atom. The van der Waals surface area contributed by atoms with Crippen LogP contribution in [0.25, 0.3) is 0 Å². The van der Waals surface area contributed by atoms with Crippen molar-refractivity contribution in [1.82, 2.24) is 0 Å². The van der Waals surface area contributed by atoms with Crippen molar-refractivity contribution >= 4 is 5.97 Å². The minimum absolute atomic E-state index is 0.0367. The zero-order valence-corrected chi connectivity index (χ0v) is 12.3. The highest BCUT2D eigenvalue weighted by atomic mass is 16.7. The summed E-state index contributed by atoms with van der Waals surface area (Å²) in [6.45, 7) is 11.5. The zero-order chi connectivity index (χ0) is 14.8. The van der Waals surface area contributed by atoms with Crippen LogP contribution in [0.2, 0.25) is 0 Å². The molecule has 0 saturated carbocycles. The molecule has 2 unspecified atom stereocenters. The molecule has 1 saturated heterocycles. The molecule has 1 heterocycles. The van der Waals surface area contributed by atoms with Crippen LogP contribution in [-0.4, -0.2) is 29.1 Å². The van der Waals surface area contributed by atoms with Crippen molar-refractivity contribution in [1.29, 1.82) is 0 Å². The molecular formula is C14H26O4. The number of aliphatic carboxylic acids is 1. The van der Waals surface area contributed by atoms with E-state index in [4.69, 9.17) is 21.0 Å². The number of hydrogen-bond donors (Lipinski definition) is 1. The minimum Gasteiger partial charge on any atom is -0.481 e. The molecule has 0 aromatic rings. The maximum absolute atomic E-state index is 10.5. The Kier molecular flexibility index (Phi) is 10.6. The third-order valence-corrected chi connectivity index (χ3v) is 1.94. The first-order valence-electron chi connectivity index (χ1n) is 6.46. The van der Waals surface area contributed by atoms with Crippen molar-refractivity contribution in [3.63, 3.8) is 0 Å². The molecule has 4 heteroatoms. The van der Waals surface area contributed by atoms with Gasteiger partial charge in [-0.25, -0.2) is 0 Å². The van der Waals surface area contributed by atoms with E-state index in [0.717, 1.165) is 0 Å². The number of rotatable bonds is 2. The molecule has 2 atom stereocenters. The maximum atomic E-state index is 10.5. The van der Waals surface area contributed by atoms with Gasteiger partial charge >= 0.3 is 5.97 Å². The monoisotopic (exact) mass is 258 g/mol. The highest BCUT2D eigenvalue weighted by Gasteiger charge is 2.35. The highest BCUT2D eigenvalue weighted by molar-refractivity contribution is 5.67. The number of carboxylic acids is 1. The van der Waals surface area contributed by atoms with Gasteiger partial charge in [-0.2, -0.15) is 0 Å². The Bertz CT molecular complexity index is 265. The molecule has 106 valence electrons. The second-order valence-corrected chi connectivity index (χ2v) is 3.75. The molecule has 1 aliphatic rings. The summed E-state index contributed by atoms with van der Waals surface area (Å²) < 4.78 is 10.8. The van der Waals surface area contributed by atoms with Gasteiger partial charge in [0.15, 0.2) is 5.79 Å². The Morgan fingerprint density at radius 1 is 1.33 bits per heavy atom. The summed E-state index contributed by atoms with van der Waals surface area (Å²) in [6.07, 6.45) is 4.92. The van der Waals surface area contributed by atoms with Gasteiger partial charge in [-0.15, -0.1) is 6.42 Å². The van der Waals surface area contributed by atoms with Crippen molar-refractivity contribution in [3.05, 3.63) is 0 Å². The zero-order valence-electron chi connectivity index (χ0n) is 12.3. The van der Waals surface area contributed by atoms with Crippen LogP contribution in [0.5, 0.6) is 0 Å². The normalized spacial score (nSPS) is 24.5. The first kappa shape index (κ1) is 19.3. The molecule has 0 bridgehead atoms. The van der Waals surface area contributed by atoms with E-state index in [9.17, 15) is 4.79 Å². The fraction of sp³-hybridized carbons (Fsp3) is 0.786. The van der Waals surface area contributed by atoms with Crippen LogP contribution in [0.15, 0.2) is 0 Å². The summed E-state index contributed by atoms with van der Waals surface area (Å²) in [6, 6.07) is 0. The number of terminal acetylenes is 1. The van der Waals surface area contributed by atoms with Gasteiger partial charge in [0.2, 0.25) is 0 Å². The molecule has 0 aliphatic carbocycles. The Morgan fingerprint density at radius 2 is 1.83 bits per heavy atom. The minimum atomic E-state index is -0.886. The van der Waals surface area contributed by atoms with Gasteiger partial charge in [0.1, 0.15) is 6.10 Å². The molecule has 0 aromatic heterocycles. The maximum Gasteiger partial charge on any atom is 0.305 e. The summed E-state index contributed by atoms with van der Waals surface area (Å²) in [5.41, 5.74) is 0. The van der Waals surface area contributed by atoms with Crippen LogP contribution < -0.4 is 0 Å². The van der Waals surface area contributed by atoms with Gasteiger partial charge in [-0.05, 0) is 13.8 Å². The standard InChI is InChI=1S/C10H14O4.2C2H6/c1-4-7-5-8(6-9(11)12)14-10(2,3)13-7;2*1-2/h1,7-8H,5-6H2,2-3H3,(H,11,12);2*1-2H3. The van der Waals surface area contributed by atoms with Crippen LogP contribution in [0, 0.1) is 12.3 Å². The lowest BCUT2D eigenvalue weighted by atomic mass is 10.1. The fourth-order valence-corrected chi connectivity index (χ4v) is 1.53. The first-order chi connectivity index (χ1) is 8.43. The van der Waals surface area contributed by atoms with Gasteiger partial charge < -0.3 is 14.6 Å². The number of carbonyl (C=O) groups is 1. The van der Waals surface area contributed by atoms with E-state index in [1.165, 1.54) is 0 Å². The fourth-order valence-electron chi connectivity index (χ4n) is 1.53. The molecule has 1 aliphatic heterocycles. The van der Waals surface area contributed by atoms with Crippen molar-refractivity contribution < 1.29 is 19.4 Å². The summed E-state index contributed by atoms with van der Waals surface area (Å²) >= 11 is 0. The summed E-state index contributed by atoms with van der Waals surface area (Å²) in [4.78, 5) is 10.5. The lowest BCUT2D eigenvalue weighted by Crippen LogP contribution is -2.44. The van der Waals surface area contributed by atoms with Gasteiger partial charge in [-0.1, -0.05) is 33.6 Å². The molecule has 0 amide bonds. The molecule has 0 spiro atoms. The van der Waals surface area contributed by atoms with Crippen LogP contribution in [0.4, 0.5) is 0 Å². The lowest BCUT2D eigenvalue weighted by molar-refractivity contribution is -0.288. The topological polar surface area (TPSA) is 55.8 Å². The molecule has 1 rings (SSSR count). The Hall–Kier alpha value is -1.05. The van der Waals surface area contributed by atoms with E-state index in [-0.39, 0.29) is 18.6 Å². The van der Waals surface area contributed by atoms with E-state index in [0.29, 0.717) is 6.42 Å². The quantitative estimate of drug-likeness (QED) is 0.773. The third kappa shape index (κ3) is 8.10. The molecular weight excluding hydrogens is 232 g/mol. The van der Waals surface area contributed by atoms with Crippen LogP contribution >= 0.6 is 0 Å². The second-order valence-electron chi connectivity index (χ2n) is 3.75. The van der Waals surface area contributed by atoms with E-state index in [1.54, 1.807) is 13.8 Å². The van der Waals surface area contributed by atoms with E-state index >= 15 is 0 Å². The van der Waals surface area contributed by atoms with Crippen LogP contribution in [-0.2, 0) is 14.3 Å². The average Bonchev–Trinajstić information content (AvgIpc) is 2.31. The molecule has 18 heavy (non-hydrogen) atoms. The third-order valence-electron chi connectivity index (χ3n) is 1.94. The predicted molar refractivity (Wildman–Crippen MR) is 72.2 cm³/mol. The van der Waals surface area contributed by atoms with Crippen LogP contribution in [0.3, 0.4) is 0 Å². The summed E-state index contributed by atoms with van der Waals surface area (Å²) in [5.74, 6) is 0.786. The second kappa shape index (κ2) is 9.93. The summed E-state index contributed by atoms with van der Waals surface area (Å²) in [5, 5.41) is 8.62. The number of hydrogen-bond acceptors (Lipinski definition) is 3. The average molecular weight is 258 g/mol. The molecule has 1 N–H and O–H groups in total. The highest BCUT2D eigenvalue weighted by Crippen LogP contribution is 2.27. The van der Waals surface area contributed by atoms with Gasteiger partial charge in [0.05, 0.1) is 12.5 Å². The van der Waals surface area contributed by atoms with Crippen molar-refractivity contribution in [2.24, 2.45) is 0 Å². The lowest BCUT2D eigenvalue weighted by Gasteiger charge is -2.38. The SMILES string of the molecule is C#CC1CC(CC(=O)O)OC(C)(C)O1.CC.CC.